The van der Waals surface area contributed by atoms with Crippen LogP contribution >= 0.6 is 0 Å². The first kappa shape index (κ1) is 15.7. The van der Waals surface area contributed by atoms with Crippen molar-refractivity contribution in [1.82, 2.24) is 0 Å². The Morgan fingerprint density at radius 3 is 1.77 bits per heavy atom. The molecule has 0 aliphatic heterocycles. The van der Waals surface area contributed by atoms with Gasteiger partial charge in [-0.3, -0.25) is 4.79 Å². The van der Waals surface area contributed by atoms with Gasteiger partial charge in [-0.25, -0.2) is 0 Å². The summed E-state index contributed by atoms with van der Waals surface area (Å²) in [4.78, 5) is 10.7. The maximum atomic E-state index is 10.7. The molecule has 0 radical (unpaired) electrons. The van der Waals surface area contributed by atoms with E-state index in [4.69, 9.17) is 5.11 Å². The fourth-order valence-corrected chi connectivity index (χ4v) is 1.29. The molecule has 80 valence electrons. The SMILES string of the molecule is CCCCC(CCCC)C(=O)O.[SnH4]. The molecule has 2 nitrogen and oxygen atoms in total. The summed E-state index contributed by atoms with van der Waals surface area (Å²) in [5.41, 5.74) is 0. The van der Waals surface area contributed by atoms with Crippen LogP contribution in [0.3, 0.4) is 0 Å². The van der Waals surface area contributed by atoms with Crippen LogP contribution in [0.15, 0.2) is 0 Å². The Morgan fingerprint density at radius 2 is 1.54 bits per heavy atom. The van der Waals surface area contributed by atoms with Gasteiger partial charge in [0, 0.05) is 0 Å². The van der Waals surface area contributed by atoms with Gasteiger partial charge in [-0.2, -0.15) is 0 Å². The topological polar surface area (TPSA) is 37.3 Å². The van der Waals surface area contributed by atoms with Gasteiger partial charge in [0.25, 0.3) is 0 Å². The van der Waals surface area contributed by atoms with E-state index in [9.17, 15) is 4.79 Å². The van der Waals surface area contributed by atoms with Crippen molar-refractivity contribution in [2.45, 2.75) is 52.4 Å². The number of unbranched alkanes of at least 4 members (excludes halogenated alkanes) is 2. The first-order valence-corrected chi connectivity index (χ1v) is 4.95. The van der Waals surface area contributed by atoms with Gasteiger partial charge in [-0.15, -0.1) is 0 Å². The Hall–Kier alpha value is 0.269. The number of hydrogen-bond donors (Lipinski definition) is 1. The second-order valence-corrected chi connectivity index (χ2v) is 3.32. The van der Waals surface area contributed by atoms with Crippen LogP contribution in [0, 0.1) is 5.92 Å². The van der Waals surface area contributed by atoms with Crippen molar-refractivity contribution in [3.8, 4) is 0 Å². The van der Waals surface area contributed by atoms with Gasteiger partial charge in [0.15, 0.2) is 0 Å². The van der Waals surface area contributed by atoms with Crippen molar-refractivity contribution < 1.29 is 9.90 Å². The van der Waals surface area contributed by atoms with Gasteiger partial charge >= 0.3 is 29.9 Å². The van der Waals surface area contributed by atoms with Crippen molar-refractivity contribution in [2.24, 2.45) is 5.92 Å². The van der Waals surface area contributed by atoms with Crippen molar-refractivity contribution in [3.05, 3.63) is 0 Å². The van der Waals surface area contributed by atoms with Crippen molar-refractivity contribution in [3.63, 3.8) is 0 Å². The van der Waals surface area contributed by atoms with Crippen molar-refractivity contribution in [1.29, 1.82) is 0 Å². The zero-order chi connectivity index (χ0) is 9.40. The molecule has 0 unspecified atom stereocenters. The first-order chi connectivity index (χ1) is 5.72. The molecule has 0 aliphatic carbocycles. The van der Waals surface area contributed by atoms with Crippen molar-refractivity contribution >= 4 is 29.9 Å². The second kappa shape index (κ2) is 10.4. The zero-order valence-electron chi connectivity index (χ0n) is 8.18. The zero-order valence-corrected chi connectivity index (χ0v) is 8.18. The average Bonchev–Trinajstić information content (AvgIpc) is 2.04. The van der Waals surface area contributed by atoms with E-state index in [0.29, 0.717) is 0 Å². The molecule has 0 aromatic heterocycles. The molecule has 0 aliphatic rings. The summed E-state index contributed by atoms with van der Waals surface area (Å²) in [5, 5.41) is 8.83. The molecule has 0 heterocycles. The molecule has 0 bridgehead atoms. The van der Waals surface area contributed by atoms with Gasteiger partial charge in [0.1, 0.15) is 0 Å². The Kier molecular flexibility index (Phi) is 12.5. The Morgan fingerprint density at radius 1 is 1.15 bits per heavy atom. The van der Waals surface area contributed by atoms with Crippen LogP contribution in [0.5, 0.6) is 0 Å². The standard InChI is InChI=1S/C10H20O2.Sn.4H/c1-3-5-7-9(10(11)12)8-6-4-2;;;;;/h9H,3-8H2,1-2H3,(H,11,12);;;;;. The minimum absolute atomic E-state index is 0. The molecule has 3 heteroatoms. The van der Waals surface area contributed by atoms with Gasteiger partial charge in [-0.05, 0) is 12.8 Å². The second-order valence-electron chi connectivity index (χ2n) is 3.32. The molecule has 0 amide bonds. The summed E-state index contributed by atoms with van der Waals surface area (Å²) in [6.07, 6.45) is 5.98. The first-order valence-electron chi connectivity index (χ1n) is 4.95. The molecular formula is C10H24O2Sn. The van der Waals surface area contributed by atoms with E-state index >= 15 is 0 Å². The fraction of sp³-hybridized carbons (Fsp3) is 0.900. The quantitative estimate of drug-likeness (QED) is 0.725. The molecule has 0 saturated carbocycles. The van der Waals surface area contributed by atoms with Gasteiger partial charge in [-0.1, -0.05) is 39.5 Å². The van der Waals surface area contributed by atoms with E-state index < -0.39 is 5.97 Å². The van der Waals surface area contributed by atoms with Gasteiger partial charge < -0.3 is 5.11 Å². The third-order valence-electron chi connectivity index (χ3n) is 2.16. The van der Waals surface area contributed by atoms with Crippen LogP contribution < -0.4 is 0 Å². The predicted octanol–water partition coefficient (Wildman–Crippen LogP) is 1.62. The normalized spacial score (nSPS) is 9.77. The minimum atomic E-state index is -0.614. The molecule has 0 aromatic rings. The van der Waals surface area contributed by atoms with Crippen LogP contribution in [-0.4, -0.2) is 35.0 Å². The Labute approximate surface area is 98.1 Å². The van der Waals surface area contributed by atoms with Crippen LogP contribution in [-0.2, 0) is 4.79 Å². The average molecular weight is 295 g/mol. The predicted molar refractivity (Wildman–Crippen MR) is 61.5 cm³/mol. The summed E-state index contributed by atoms with van der Waals surface area (Å²) in [6, 6.07) is 0. The molecule has 0 rings (SSSR count). The number of carbonyl (C=O) groups is 1. The number of carboxylic acid groups (broad SMARTS) is 1. The van der Waals surface area contributed by atoms with Crippen LogP contribution in [0.25, 0.3) is 0 Å². The van der Waals surface area contributed by atoms with Gasteiger partial charge in [0.05, 0.1) is 5.92 Å². The molecule has 0 spiro atoms. The maximum absolute atomic E-state index is 10.7. The third-order valence-corrected chi connectivity index (χ3v) is 2.16. The third kappa shape index (κ3) is 8.59. The molecule has 13 heavy (non-hydrogen) atoms. The molecule has 0 aromatic carbocycles. The number of carboxylic acids is 1. The Balaban J connectivity index is 0. The Bertz CT molecular complexity index is 118. The van der Waals surface area contributed by atoms with E-state index in [1.165, 1.54) is 0 Å². The van der Waals surface area contributed by atoms with Gasteiger partial charge in [0.2, 0.25) is 0 Å². The number of hydrogen-bond acceptors (Lipinski definition) is 1. The summed E-state index contributed by atoms with van der Waals surface area (Å²) in [7, 11) is 0. The van der Waals surface area contributed by atoms with Crippen LogP contribution in [0.1, 0.15) is 52.4 Å². The monoisotopic (exact) mass is 296 g/mol. The van der Waals surface area contributed by atoms with E-state index in [2.05, 4.69) is 13.8 Å². The molecular weight excluding hydrogens is 271 g/mol. The summed E-state index contributed by atoms with van der Waals surface area (Å²) < 4.78 is 0. The van der Waals surface area contributed by atoms with Crippen molar-refractivity contribution in [2.75, 3.05) is 0 Å². The van der Waals surface area contributed by atoms with E-state index in [1.54, 1.807) is 0 Å². The molecule has 0 saturated heterocycles. The molecule has 1 N–H and O–H groups in total. The number of rotatable bonds is 7. The summed E-state index contributed by atoms with van der Waals surface area (Å²) >= 11 is 0. The van der Waals surface area contributed by atoms with Crippen LogP contribution in [0.2, 0.25) is 0 Å². The summed E-state index contributed by atoms with van der Waals surface area (Å²) in [6.45, 7) is 4.19. The number of aliphatic carboxylic acids is 1. The molecule has 0 fully saturated rings. The molecule has 0 atom stereocenters. The van der Waals surface area contributed by atoms with Crippen LogP contribution in [0.4, 0.5) is 0 Å². The fourth-order valence-electron chi connectivity index (χ4n) is 1.29. The van der Waals surface area contributed by atoms with E-state index in [1.807, 2.05) is 0 Å². The van der Waals surface area contributed by atoms with E-state index in [0.717, 1.165) is 38.5 Å². The van der Waals surface area contributed by atoms with E-state index in [-0.39, 0.29) is 29.8 Å². The summed E-state index contributed by atoms with van der Waals surface area (Å²) in [5.74, 6) is -0.707.